The molecule has 0 radical (unpaired) electrons. The number of rotatable bonds is 11. The zero-order chi connectivity index (χ0) is 27.3. The molecule has 0 saturated heterocycles. The lowest BCUT2D eigenvalue weighted by molar-refractivity contribution is -0.144. The summed E-state index contributed by atoms with van der Waals surface area (Å²) in [6, 6.07) is 22.2. The summed E-state index contributed by atoms with van der Waals surface area (Å²) in [5, 5.41) is 9.39. The minimum Gasteiger partial charge on any atom is -0.497 e. The van der Waals surface area contributed by atoms with Gasteiger partial charge in [-0.1, -0.05) is 62.4 Å². The molecule has 1 atom stereocenters. The first-order chi connectivity index (χ1) is 18.1. The molecule has 0 aliphatic carbocycles. The van der Waals surface area contributed by atoms with Gasteiger partial charge in [0.05, 0.1) is 13.5 Å². The van der Waals surface area contributed by atoms with Crippen molar-refractivity contribution in [1.29, 1.82) is 0 Å². The van der Waals surface area contributed by atoms with Crippen LogP contribution in [-0.2, 0) is 35.3 Å². The number of fused-ring (bicyclic) bond motifs is 1. The number of amides is 1. The molecule has 6 nitrogen and oxygen atoms in total. The molecule has 0 fully saturated rings. The number of hydrogen-bond donors (Lipinski definition) is 1. The van der Waals surface area contributed by atoms with Gasteiger partial charge in [-0.05, 0) is 65.3 Å². The maximum Gasteiger partial charge on any atom is 0.323 e. The zero-order valence-electron chi connectivity index (χ0n) is 22.7. The van der Waals surface area contributed by atoms with Crippen LogP contribution in [0.4, 0.5) is 0 Å². The summed E-state index contributed by atoms with van der Waals surface area (Å²) in [4.78, 5) is 26.0. The van der Waals surface area contributed by atoms with E-state index >= 15 is 0 Å². The Labute approximate surface area is 225 Å². The zero-order valence-corrected chi connectivity index (χ0v) is 22.7. The quantitative estimate of drug-likeness (QED) is 0.367. The van der Waals surface area contributed by atoms with Crippen LogP contribution in [0.3, 0.4) is 0 Å². The Hall–Kier alpha value is -3.80. The number of ether oxygens (including phenoxy) is 2. The average molecular weight is 516 g/mol. The van der Waals surface area contributed by atoms with Crippen LogP contribution < -0.4 is 9.47 Å². The molecule has 0 spiro atoms. The van der Waals surface area contributed by atoms with Gasteiger partial charge in [0, 0.05) is 19.4 Å². The Kier molecular flexibility index (Phi) is 8.40. The van der Waals surface area contributed by atoms with Crippen molar-refractivity contribution in [1.82, 2.24) is 4.90 Å². The molecule has 3 aromatic rings. The van der Waals surface area contributed by atoms with Crippen LogP contribution in [-0.4, -0.2) is 47.7 Å². The van der Waals surface area contributed by atoms with E-state index in [1.165, 1.54) is 16.0 Å². The molecule has 1 aliphatic heterocycles. The van der Waals surface area contributed by atoms with E-state index < -0.39 is 5.97 Å². The number of carbonyl (C=O) groups is 2. The van der Waals surface area contributed by atoms with E-state index in [1.807, 2.05) is 42.5 Å². The topological polar surface area (TPSA) is 76.1 Å². The van der Waals surface area contributed by atoms with Crippen LogP contribution in [0.15, 0.2) is 66.7 Å². The monoisotopic (exact) mass is 515 g/mol. The first kappa shape index (κ1) is 27.2. The number of aliphatic carboxylic acids is 1. The molecule has 1 N–H and O–H groups in total. The molecule has 4 rings (SSSR count). The number of carboxylic acid groups (broad SMARTS) is 1. The third-order valence-electron chi connectivity index (χ3n) is 7.13. The van der Waals surface area contributed by atoms with E-state index in [0.717, 1.165) is 41.0 Å². The molecule has 200 valence electrons. The maximum absolute atomic E-state index is 13.1. The minimum atomic E-state index is -1.02. The van der Waals surface area contributed by atoms with Gasteiger partial charge in [-0.2, -0.15) is 0 Å². The Balaban J connectivity index is 1.39. The van der Waals surface area contributed by atoms with Gasteiger partial charge in [0.25, 0.3) is 0 Å². The molecule has 1 aliphatic rings. The van der Waals surface area contributed by atoms with Crippen molar-refractivity contribution in [3.8, 4) is 11.5 Å². The fourth-order valence-electron chi connectivity index (χ4n) is 5.03. The normalized spacial score (nSPS) is 16.1. The number of carbonyl (C=O) groups excluding carboxylic acids is 1. The number of methoxy groups -OCH3 is 1. The van der Waals surface area contributed by atoms with Crippen LogP contribution in [0.1, 0.15) is 54.5 Å². The third-order valence-corrected chi connectivity index (χ3v) is 7.13. The van der Waals surface area contributed by atoms with E-state index in [4.69, 9.17) is 9.47 Å². The second kappa shape index (κ2) is 11.7. The summed E-state index contributed by atoms with van der Waals surface area (Å²) in [6.07, 6.45) is 2.27. The molecule has 38 heavy (non-hydrogen) atoms. The van der Waals surface area contributed by atoms with Gasteiger partial charge in [-0.15, -0.1) is 0 Å². The Morgan fingerprint density at radius 1 is 1.00 bits per heavy atom. The maximum atomic E-state index is 13.1. The third kappa shape index (κ3) is 6.94. The lowest BCUT2D eigenvalue weighted by Crippen LogP contribution is -2.38. The van der Waals surface area contributed by atoms with Gasteiger partial charge in [-0.25, -0.2) is 0 Å². The van der Waals surface area contributed by atoms with Gasteiger partial charge in [-0.3, -0.25) is 9.59 Å². The fourth-order valence-corrected chi connectivity index (χ4v) is 5.03. The highest BCUT2D eigenvalue weighted by Gasteiger charge is 2.35. The van der Waals surface area contributed by atoms with Crippen LogP contribution in [0.5, 0.6) is 11.5 Å². The summed E-state index contributed by atoms with van der Waals surface area (Å²) in [7, 11) is 1.61. The minimum absolute atomic E-state index is 0.149. The number of carboxylic acids is 1. The summed E-state index contributed by atoms with van der Waals surface area (Å²) in [5.74, 6) is 0.888. The molecule has 6 heteroatoms. The summed E-state index contributed by atoms with van der Waals surface area (Å²) >= 11 is 0. The standard InChI is InChI=1S/C32H37NO5/c1-22(2)26-10-5-24(6-11-26)19-32(3)20-27-17-25(9-14-29(27)38-32)18-30(34)33(21-31(35)36)16-15-23-7-12-28(37-4)13-8-23/h5-14,17,22H,15-16,18-21H2,1-4H3,(H,35,36). The van der Waals surface area contributed by atoms with Crippen LogP contribution >= 0.6 is 0 Å². The average Bonchev–Trinajstić information content (AvgIpc) is 3.21. The molecule has 3 aromatic carbocycles. The Bertz CT molecular complexity index is 1270. The number of benzene rings is 3. The van der Waals surface area contributed by atoms with Crippen molar-refractivity contribution in [3.05, 3.63) is 94.5 Å². The summed E-state index contributed by atoms with van der Waals surface area (Å²) < 4.78 is 11.5. The predicted molar refractivity (Wildman–Crippen MR) is 148 cm³/mol. The van der Waals surface area contributed by atoms with Gasteiger partial charge in [0.15, 0.2) is 0 Å². The van der Waals surface area contributed by atoms with Gasteiger partial charge in [0.1, 0.15) is 23.6 Å². The lowest BCUT2D eigenvalue weighted by Gasteiger charge is -2.24. The second-order valence-corrected chi connectivity index (χ2v) is 10.7. The Morgan fingerprint density at radius 3 is 2.29 bits per heavy atom. The molecular weight excluding hydrogens is 478 g/mol. The predicted octanol–water partition coefficient (Wildman–Crippen LogP) is 5.45. The highest BCUT2D eigenvalue weighted by Crippen LogP contribution is 2.37. The molecule has 0 saturated carbocycles. The van der Waals surface area contributed by atoms with E-state index in [0.29, 0.717) is 18.9 Å². The van der Waals surface area contributed by atoms with Gasteiger partial charge < -0.3 is 19.5 Å². The van der Waals surface area contributed by atoms with Crippen molar-refractivity contribution in [2.75, 3.05) is 20.2 Å². The smallest absolute Gasteiger partial charge is 0.323 e. The van der Waals surface area contributed by atoms with Crippen molar-refractivity contribution in [2.24, 2.45) is 0 Å². The molecule has 1 amide bonds. The second-order valence-electron chi connectivity index (χ2n) is 10.7. The van der Waals surface area contributed by atoms with Crippen LogP contribution in [0.2, 0.25) is 0 Å². The van der Waals surface area contributed by atoms with Gasteiger partial charge in [0.2, 0.25) is 5.91 Å². The first-order valence-electron chi connectivity index (χ1n) is 13.2. The molecule has 1 unspecified atom stereocenters. The van der Waals surface area contributed by atoms with Crippen molar-refractivity contribution >= 4 is 11.9 Å². The number of hydrogen-bond acceptors (Lipinski definition) is 4. The molecule has 0 bridgehead atoms. The van der Waals surface area contributed by atoms with Crippen LogP contribution in [0, 0.1) is 0 Å². The van der Waals surface area contributed by atoms with Crippen molar-refractivity contribution < 1.29 is 24.2 Å². The molecule has 0 aromatic heterocycles. The van der Waals surface area contributed by atoms with E-state index in [9.17, 15) is 14.7 Å². The first-order valence-corrected chi connectivity index (χ1v) is 13.2. The highest BCUT2D eigenvalue weighted by molar-refractivity contribution is 5.83. The number of nitrogens with zero attached hydrogens (tertiary/aromatic N) is 1. The Morgan fingerprint density at radius 2 is 1.66 bits per heavy atom. The summed E-state index contributed by atoms with van der Waals surface area (Å²) in [6.45, 7) is 6.52. The van der Waals surface area contributed by atoms with E-state index in [1.54, 1.807) is 7.11 Å². The van der Waals surface area contributed by atoms with Crippen LogP contribution in [0.25, 0.3) is 0 Å². The van der Waals surface area contributed by atoms with Crippen molar-refractivity contribution in [2.45, 2.75) is 58.0 Å². The highest BCUT2D eigenvalue weighted by atomic mass is 16.5. The summed E-state index contributed by atoms with van der Waals surface area (Å²) in [5.41, 5.74) is 5.17. The molecular formula is C32H37NO5. The van der Waals surface area contributed by atoms with E-state index in [2.05, 4.69) is 45.0 Å². The molecule has 1 heterocycles. The van der Waals surface area contributed by atoms with Gasteiger partial charge >= 0.3 is 5.97 Å². The van der Waals surface area contributed by atoms with Crippen molar-refractivity contribution in [3.63, 3.8) is 0 Å². The lowest BCUT2D eigenvalue weighted by atomic mass is 9.90. The SMILES string of the molecule is COc1ccc(CCN(CC(=O)O)C(=O)Cc2ccc3c(c2)CC(C)(Cc2ccc(C(C)C)cc2)O3)cc1. The largest absolute Gasteiger partial charge is 0.497 e. The van der Waals surface area contributed by atoms with E-state index in [-0.39, 0.29) is 24.5 Å². The fraction of sp³-hybridized carbons (Fsp3) is 0.375.